The highest BCUT2D eigenvalue weighted by atomic mass is 79.9. The number of carbonyl (C=O) groups is 2. The Morgan fingerprint density at radius 1 is 1.03 bits per heavy atom. The molecule has 2 amide bonds. The van der Waals surface area contributed by atoms with E-state index >= 15 is 0 Å². The molecule has 32 heavy (non-hydrogen) atoms. The molecule has 11 heteroatoms. The van der Waals surface area contributed by atoms with E-state index in [2.05, 4.69) is 26.6 Å². The van der Waals surface area contributed by atoms with Crippen LogP contribution in [0.5, 0.6) is 0 Å². The molecule has 2 aliphatic carbocycles. The summed E-state index contributed by atoms with van der Waals surface area (Å²) in [4.78, 5) is 25.4. The third kappa shape index (κ3) is 4.87. The maximum Gasteiger partial charge on any atom is 0.253 e. The molecule has 2 aromatic rings. The molecule has 2 N–H and O–H groups in total. The second kappa shape index (κ2) is 8.58. The number of carbonyl (C=O) groups excluding carboxylic acids is 2. The summed E-state index contributed by atoms with van der Waals surface area (Å²) >= 11 is 28.1. The molecule has 0 bridgehead atoms. The van der Waals surface area contributed by atoms with Gasteiger partial charge in [-0.05, 0) is 42.0 Å². The van der Waals surface area contributed by atoms with Crippen LogP contribution in [0.4, 0.5) is 14.5 Å². The minimum absolute atomic E-state index is 0.0737. The second-order valence-corrected chi connectivity index (χ2v) is 11.6. The fourth-order valence-electron chi connectivity index (χ4n) is 3.85. The van der Waals surface area contributed by atoms with Crippen LogP contribution in [0.25, 0.3) is 0 Å². The normalized spacial score (nSPS) is 26.2. The van der Waals surface area contributed by atoms with Crippen LogP contribution in [0.1, 0.15) is 34.7 Å². The van der Waals surface area contributed by atoms with Crippen LogP contribution < -0.4 is 10.6 Å². The quantitative estimate of drug-likeness (QED) is 0.376. The van der Waals surface area contributed by atoms with E-state index in [1.165, 1.54) is 18.2 Å². The number of hydrogen-bond acceptors (Lipinski definition) is 2. The van der Waals surface area contributed by atoms with Gasteiger partial charge in [0, 0.05) is 40.5 Å². The fourth-order valence-corrected chi connectivity index (χ4v) is 5.87. The number of benzene rings is 2. The molecule has 0 spiro atoms. The summed E-state index contributed by atoms with van der Waals surface area (Å²) in [5.74, 6) is -4.74. The van der Waals surface area contributed by atoms with Crippen LogP contribution >= 0.6 is 62.3 Å². The summed E-state index contributed by atoms with van der Waals surface area (Å²) in [6.07, 6.45) is -0.821. The van der Waals surface area contributed by atoms with Crippen molar-refractivity contribution in [2.75, 3.05) is 5.32 Å². The molecule has 0 saturated heterocycles. The second-order valence-electron chi connectivity index (χ2n) is 7.95. The van der Waals surface area contributed by atoms with E-state index < -0.39 is 40.4 Å². The lowest BCUT2D eigenvalue weighted by Gasteiger charge is -2.35. The summed E-state index contributed by atoms with van der Waals surface area (Å²) < 4.78 is 25.0. The Bertz CT molecular complexity index is 1090. The first kappa shape index (κ1) is 24.0. The minimum atomic E-state index is -2.75. The zero-order chi connectivity index (χ0) is 23.4. The maximum atomic E-state index is 13.0. The number of nitrogens with one attached hydrogen (secondary N) is 2. The first-order chi connectivity index (χ1) is 14.9. The topological polar surface area (TPSA) is 58.2 Å². The predicted octanol–water partition coefficient (Wildman–Crippen LogP) is 6.86. The van der Waals surface area contributed by atoms with Crippen molar-refractivity contribution in [3.8, 4) is 0 Å². The largest absolute Gasteiger partial charge is 0.349 e. The van der Waals surface area contributed by atoms with Crippen LogP contribution in [0.2, 0.25) is 15.1 Å². The van der Waals surface area contributed by atoms with Crippen LogP contribution in [0.15, 0.2) is 36.4 Å². The molecule has 170 valence electrons. The Morgan fingerprint density at radius 3 is 2.25 bits per heavy atom. The van der Waals surface area contributed by atoms with E-state index in [0.29, 0.717) is 21.3 Å². The van der Waals surface area contributed by atoms with Gasteiger partial charge in [-0.3, -0.25) is 9.59 Å². The Balaban J connectivity index is 1.46. The van der Waals surface area contributed by atoms with E-state index in [1.807, 2.05) is 0 Å². The van der Waals surface area contributed by atoms with Crippen molar-refractivity contribution >= 4 is 79.8 Å². The molecule has 2 saturated carbocycles. The smallest absolute Gasteiger partial charge is 0.253 e. The van der Waals surface area contributed by atoms with Gasteiger partial charge >= 0.3 is 0 Å². The number of rotatable bonds is 5. The summed E-state index contributed by atoms with van der Waals surface area (Å²) in [6.45, 7) is 0. The molecule has 0 aromatic heterocycles. The van der Waals surface area contributed by atoms with Crippen LogP contribution in [-0.2, 0) is 4.79 Å². The molecule has 0 radical (unpaired) electrons. The molecule has 0 heterocycles. The molecular formula is C21H15BrCl4F2N2O2. The lowest BCUT2D eigenvalue weighted by atomic mass is 9.88. The first-order valence-electron chi connectivity index (χ1n) is 9.50. The molecule has 4 nitrogen and oxygen atoms in total. The SMILES string of the molecule is O=C(NC1CC(F)(F)C1)c1cc(NC(=O)[C@H]2[C@H](c3cc(Cl)cc(Cl)c3)C2(Cl)Br)ccc1Cl. The molecule has 3 atom stereocenters. The molecule has 1 unspecified atom stereocenters. The molecule has 2 aliphatic rings. The van der Waals surface area contributed by atoms with Crippen molar-refractivity contribution in [1.82, 2.24) is 5.32 Å². The van der Waals surface area contributed by atoms with Crippen molar-refractivity contribution < 1.29 is 18.4 Å². The van der Waals surface area contributed by atoms with Crippen LogP contribution in [0, 0.1) is 5.92 Å². The monoisotopic (exact) mass is 584 g/mol. The highest BCUT2D eigenvalue weighted by Gasteiger charge is 2.67. The van der Waals surface area contributed by atoms with Gasteiger partial charge in [-0.15, -0.1) is 11.6 Å². The van der Waals surface area contributed by atoms with Gasteiger partial charge in [-0.1, -0.05) is 50.7 Å². The molecule has 2 aromatic carbocycles. The summed E-state index contributed by atoms with van der Waals surface area (Å²) in [5.41, 5.74) is 1.10. The zero-order valence-corrected chi connectivity index (χ0v) is 20.7. The Kier molecular flexibility index (Phi) is 6.44. The zero-order valence-electron chi connectivity index (χ0n) is 16.1. The Morgan fingerprint density at radius 2 is 1.66 bits per heavy atom. The first-order valence-corrected chi connectivity index (χ1v) is 11.8. The van der Waals surface area contributed by atoms with E-state index in [0.717, 1.165) is 0 Å². The van der Waals surface area contributed by atoms with Gasteiger partial charge in [0.1, 0.15) is 3.78 Å². The predicted molar refractivity (Wildman–Crippen MR) is 126 cm³/mol. The number of hydrogen-bond donors (Lipinski definition) is 2. The maximum absolute atomic E-state index is 13.0. The van der Waals surface area contributed by atoms with E-state index in [9.17, 15) is 18.4 Å². The third-order valence-corrected chi connectivity index (χ3v) is 7.71. The fraction of sp³-hybridized carbons (Fsp3) is 0.333. The van der Waals surface area contributed by atoms with Crippen molar-refractivity contribution in [2.45, 2.75) is 34.5 Å². The standard InChI is InChI=1S/C21H15BrCl4F2N2O2/c22-21(26)16(9-3-10(23)5-11(24)4-9)17(21)19(32)29-12-1-2-15(25)14(6-12)18(31)30-13-7-20(27,28)8-13/h1-6,13,16-17H,7-8H2,(H,29,32)(H,30,31)/t16-,17+,21?/m0/s1. The van der Waals surface area contributed by atoms with Crippen molar-refractivity contribution in [3.63, 3.8) is 0 Å². The van der Waals surface area contributed by atoms with Gasteiger partial charge in [0.15, 0.2) is 0 Å². The van der Waals surface area contributed by atoms with Gasteiger partial charge in [-0.2, -0.15) is 0 Å². The van der Waals surface area contributed by atoms with E-state index in [4.69, 9.17) is 46.4 Å². The summed E-state index contributed by atoms with van der Waals surface area (Å²) in [5, 5.41) is 6.24. The molecule has 2 fully saturated rings. The number of anilines is 1. The summed E-state index contributed by atoms with van der Waals surface area (Å²) in [6, 6.07) is 8.73. The molecule has 4 rings (SSSR count). The number of alkyl halides is 4. The minimum Gasteiger partial charge on any atom is -0.349 e. The highest BCUT2D eigenvalue weighted by molar-refractivity contribution is 9.10. The van der Waals surface area contributed by atoms with Gasteiger partial charge in [-0.25, -0.2) is 8.78 Å². The highest BCUT2D eigenvalue weighted by Crippen LogP contribution is 2.66. The van der Waals surface area contributed by atoms with E-state index in [-0.39, 0.29) is 22.4 Å². The van der Waals surface area contributed by atoms with Crippen LogP contribution in [-0.4, -0.2) is 27.6 Å². The third-order valence-electron chi connectivity index (χ3n) is 5.48. The lowest BCUT2D eigenvalue weighted by molar-refractivity contribution is -0.117. The van der Waals surface area contributed by atoms with Gasteiger partial charge in [0.25, 0.3) is 11.8 Å². The van der Waals surface area contributed by atoms with Crippen LogP contribution in [0.3, 0.4) is 0 Å². The Labute approximate surface area is 211 Å². The van der Waals surface area contributed by atoms with Crippen molar-refractivity contribution in [3.05, 3.63) is 62.6 Å². The average molecular weight is 587 g/mol. The lowest BCUT2D eigenvalue weighted by Crippen LogP contribution is -2.50. The number of halogens is 7. The van der Waals surface area contributed by atoms with Gasteiger partial charge in [0.05, 0.1) is 16.5 Å². The molecule has 0 aliphatic heterocycles. The number of amides is 2. The van der Waals surface area contributed by atoms with Crippen molar-refractivity contribution in [2.24, 2.45) is 5.92 Å². The molecular weight excluding hydrogens is 572 g/mol. The van der Waals surface area contributed by atoms with Gasteiger partial charge < -0.3 is 10.6 Å². The summed E-state index contributed by atoms with van der Waals surface area (Å²) in [7, 11) is 0. The van der Waals surface area contributed by atoms with Gasteiger partial charge in [0.2, 0.25) is 5.91 Å². The average Bonchev–Trinajstić information content (AvgIpc) is 3.23. The van der Waals surface area contributed by atoms with Crippen molar-refractivity contribution in [1.29, 1.82) is 0 Å². The van der Waals surface area contributed by atoms with E-state index in [1.54, 1.807) is 18.2 Å². The Hall–Kier alpha value is -1.12.